The van der Waals surface area contributed by atoms with E-state index in [0.29, 0.717) is 13.0 Å². The largest absolute Gasteiger partial charge is 0.290 e. The zero-order valence-electron chi connectivity index (χ0n) is 10.1. The minimum Gasteiger partial charge on any atom is -0.290 e. The number of alkyl halides is 1. The molecule has 0 amide bonds. The molecule has 2 heteroatoms. The van der Waals surface area contributed by atoms with Crippen molar-refractivity contribution in [3.05, 3.63) is 12.2 Å². The fourth-order valence-corrected chi connectivity index (χ4v) is 3.48. The molecule has 2 atom stereocenters. The number of hydrogen-bond donors (Lipinski definition) is 0. The van der Waals surface area contributed by atoms with Crippen molar-refractivity contribution < 1.29 is 4.39 Å². The lowest BCUT2D eigenvalue weighted by atomic mass is 9.77. The molecule has 2 saturated heterocycles. The van der Waals surface area contributed by atoms with Crippen molar-refractivity contribution in [3.63, 3.8) is 0 Å². The molecule has 2 unspecified atom stereocenters. The third kappa shape index (κ3) is 2.10. The highest BCUT2D eigenvalue weighted by Gasteiger charge is 2.51. The van der Waals surface area contributed by atoms with Crippen molar-refractivity contribution in [2.45, 2.75) is 51.7 Å². The molecule has 0 aromatic heterocycles. The molecule has 2 rings (SSSR count). The molecule has 0 saturated carbocycles. The highest BCUT2D eigenvalue weighted by atomic mass is 19.1. The van der Waals surface area contributed by atoms with Gasteiger partial charge in [0.05, 0.1) is 0 Å². The van der Waals surface area contributed by atoms with E-state index in [1.807, 2.05) is 0 Å². The fraction of sp³-hybridized carbons (Fsp3) is 0.846. The molecule has 1 nitrogen and oxygen atoms in total. The van der Waals surface area contributed by atoms with Gasteiger partial charge in [-0.2, -0.15) is 0 Å². The van der Waals surface area contributed by atoms with Crippen molar-refractivity contribution in [3.8, 4) is 0 Å². The van der Waals surface area contributed by atoms with Gasteiger partial charge in [-0.15, -0.1) is 0 Å². The summed E-state index contributed by atoms with van der Waals surface area (Å²) in [6.07, 6.45) is 2.17. The van der Waals surface area contributed by atoms with Crippen LogP contribution in [0.25, 0.3) is 0 Å². The predicted octanol–water partition coefficient (Wildman–Crippen LogP) is 3.17. The molecule has 2 heterocycles. The first-order valence-corrected chi connectivity index (χ1v) is 5.87. The Labute approximate surface area is 92.3 Å². The Hall–Kier alpha value is -0.370. The van der Waals surface area contributed by atoms with E-state index in [2.05, 4.69) is 32.3 Å². The van der Waals surface area contributed by atoms with Crippen LogP contribution in [0.4, 0.5) is 4.39 Å². The van der Waals surface area contributed by atoms with Crippen molar-refractivity contribution in [2.24, 2.45) is 5.41 Å². The molecule has 0 spiro atoms. The lowest BCUT2D eigenvalue weighted by Crippen LogP contribution is -2.41. The summed E-state index contributed by atoms with van der Waals surface area (Å²) in [7, 11) is 0. The maximum absolute atomic E-state index is 13.5. The van der Waals surface area contributed by atoms with Crippen LogP contribution in [0.1, 0.15) is 40.0 Å². The predicted molar refractivity (Wildman–Crippen MR) is 61.6 cm³/mol. The van der Waals surface area contributed by atoms with Crippen LogP contribution in [-0.4, -0.2) is 29.7 Å². The van der Waals surface area contributed by atoms with Gasteiger partial charge in [0.1, 0.15) is 6.17 Å². The molecule has 15 heavy (non-hydrogen) atoms. The number of fused-ring (bicyclic) bond motifs is 1. The highest BCUT2D eigenvalue weighted by Crippen LogP contribution is 2.47. The van der Waals surface area contributed by atoms with E-state index in [0.717, 1.165) is 19.4 Å². The zero-order valence-corrected chi connectivity index (χ0v) is 10.1. The van der Waals surface area contributed by atoms with E-state index < -0.39 is 6.17 Å². The van der Waals surface area contributed by atoms with E-state index in [9.17, 15) is 4.39 Å². The molecule has 2 aliphatic heterocycles. The first-order chi connectivity index (χ1) is 6.81. The second kappa shape index (κ2) is 3.31. The number of hydrogen-bond acceptors (Lipinski definition) is 1. The molecule has 0 N–H and O–H groups in total. The van der Waals surface area contributed by atoms with Crippen LogP contribution in [-0.2, 0) is 0 Å². The molecule has 86 valence electrons. The van der Waals surface area contributed by atoms with Gasteiger partial charge in [-0.1, -0.05) is 32.9 Å². The second-order valence-electron chi connectivity index (χ2n) is 6.57. The monoisotopic (exact) mass is 211 g/mol. The number of rotatable bonds is 1. The van der Waals surface area contributed by atoms with Gasteiger partial charge >= 0.3 is 0 Å². The van der Waals surface area contributed by atoms with Gasteiger partial charge in [-0.3, -0.25) is 4.90 Å². The van der Waals surface area contributed by atoms with Crippen LogP contribution in [0.3, 0.4) is 0 Å². The third-order valence-electron chi connectivity index (χ3n) is 3.54. The smallest absolute Gasteiger partial charge is 0.115 e. The standard InChI is InChI=1S/C13H22FN/c1-10-5-13(9-12(2,3)4)6-11(14)8-15(13)7-10/h11H,1,5-9H2,2-4H3. The molecule has 0 bridgehead atoms. The first-order valence-electron chi connectivity index (χ1n) is 5.87. The lowest BCUT2D eigenvalue weighted by molar-refractivity contribution is 0.129. The van der Waals surface area contributed by atoms with Crippen molar-refractivity contribution in [2.75, 3.05) is 13.1 Å². The van der Waals surface area contributed by atoms with Crippen molar-refractivity contribution >= 4 is 0 Å². The fourth-order valence-electron chi connectivity index (χ4n) is 3.48. The van der Waals surface area contributed by atoms with Gasteiger partial charge in [0.15, 0.2) is 0 Å². The average molecular weight is 211 g/mol. The van der Waals surface area contributed by atoms with E-state index in [1.165, 1.54) is 5.57 Å². The van der Waals surface area contributed by atoms with Gasteiger partial charge in [0.2, 0.25) is 0 Å². The Kier molecular flexibility index (Phi) is 2.45. The summed E-state index contributed by atoms with van der Waals surface area (Å²) in [5.41, 5.74) is 1.65. The third-order valence-corrected chi connectivity index (χ3v) is 3.54. The highest BCUT2D eigenvalue weighted by molar-refractivity contribution is 5.19. The Morgan fingerprint density at radius 3 is 2.80 bits per heavy atom. The van der Waals surface area contributed by atoms with Crippen LogP contribution >= 0.6 is 0 Å². The van der Waals surface area contributed by atoms with Gasteiger partial charge < -0.3 is 0 Å². The van der Waals surface area contributed by atoms with Gasteiger partial charge in [-0.25, -0.2) is 4.39 Å². The number of nitrogens with zero attached hydrogens (tertiary/aromatic N) is 1. The molecule has 0 radical (unpaired) electrons. The molecule has 2 fully saturated rings. The summed E-state index contributed by atoms with van der Waals surface area (Å²) in [4.78, 5) is 2.32. The van der Waals surface area contributed by atoms with Crippen molar-refractivity contribution in [1.29, 1.82) is 0 Å². The summed E-state index contributed by atoms with van der Waals surface area (Å²) in [6, 6.07) is 0. The van der Waals surface area contributed by atoms with E-state index in [-0.39, 0.29) is 11.0 Å². The Morgan fingerprint density at radius 1 is 1.53 bits per heavy atom. The number of halogens is 1. The van der Waals surface area contributed by atoms with Gasteiger partial charge in [0.25, 0.3) is 0 Å². The second-order valence-corrected chi connectivity index (χ2v) is 6.57. The topological polar surface area (TPSA) is 3.24 Å². The van der Waals surface area contributed by atoms with Crippen LogP contribution < -0.4 is 0 Å². The minimum atomic E-state index is -0.625. The van der Waals surface area contributed by atoms with Crippen LogP contribution in [0.2, 0.25) is 0 Å². The summed E-state index contributed by atoms with van der Waals surface area (Å²) < 4.78 is 13.5. The Morgan fingerprint density at radius 2 is 2.20 bits per heavy atom. The maximum Gasteiger partial charge on any atom is 0.115 e. The van der Waals surface area contributed by atoms with Crippen LogP contribution in [0.15, 0.2) is 12.2 Å². The van der Waals surface area contributed by atoms with E-state index >= 15 is 0 Å². The van der Waals surface area contributed by atoms with Crippen LogP contribution in [0, 0.1) is 5.41 Å². The average Bonchev–Trinajstić information content (AvgIpc) is 2.33. The van der Waals surface area contributed by atoms with E-state index in [4.69, 9.17) is 0 Å². The normalized spacial score (nSPS) is 37.3. The minimum absolute atomic E-state index is 0.0920. The SMILES string of the molecule is C=C1CN2CC(F)CC2(CC(C)(C)C)C1. The quantitative estimate of drug-likeness (QED) is 0.602. The zero-order chi connectivity index (χ0) is 11.3. The summed E-state index contributed by atoms with van der Waals surface area (Å²) >= 11 is 0. The Balaban J connectivity index is 2.19. The van der Waals surface area contributed by atoms with Crippen molar-refractivity contribution in [1.82, 2.24) is 4.90 Å². The summed E-state index contributed by atoms with van der Waals surface area (Å²) in [6.45, 7) is 12.3. The summed E-state index contributed by atoms with van der Waals surface area (Å²) in [5, 5.41) is 0. The van der Waals surface area contributed by atoms with Gasteiger partial charge in [-0.05, 0) is 24.7 Å². The molecule has 0 aromatic carbocycles. The van der Waals surface area contributed by atoms with Gasteiger partial charge in [0, 0.05) is 18.6 Å². The van der Waals surface area contributed by atoms with E-state index in [1.54, 1.807) is 0 Å². The molecule has 0 aliphatic carbocycles. The first kappa shape index (κ1) is 11.1. The molecular weight excluding hydrogens is 189 g/mol. The Bertz CT molecular complexity index is 279. The maximum atomic E-state index is 13.5. The lowest BCUT2D eigenvalue weighted by Gasteiger charge is -2.37. The molecule has 0 aromatic rings. The molecular formula is C13H22FN. The summed E-state index contributed by atoms with van der Waals surface area (Å²) in [5.74, 6) is 0. The van der Waals surface area contributed by atoms with Crippen LogP contribution in [0.5, 0.6) is 0 Å². The molecule has 2 aliphatic rings.